The van der Waals surface area contributed by atoms with E-state index in [9.17, 15) is 13.2 Å². The molecule has 152 valence electrons. The summed E-state index contributed by atoms with van der Waals surface area (Å²) in [5, 5.41) is 6.48. The third kappa shape index (κ3) is 8.96. The average molecular weight is 388 g/mol. The van der Waals surface area contributed by atoms with Crippen LogP contribution in [0.3, 0.4) is 0 Å². The van der Waals surface area contributed by atoms with Gasteiger partial charge in [0.25, 0.3) is 0 Å². The highest BCUT2D eigenvalue weighted by atomic mass is 19.4. The van der Waals surface area contributed by atoms with Gasteiger partial charge in [-0.25, -0.2) is 4.99 Å². The van der Waals surface area contributed by atoms with Crippen molar-refractivity contribution in [3.8, 4) is 5.75 Å². The summed E-state index contributed by atoms with van der Waals surface area (Å²) in [6.45, 7) is 6.99. The normalized spacial score (nSPS) is 16.2. The highest BCUT2D eigenvalue weighted by molar-refractivity contribution is 5.79. The van der Waals surface area contributed by atoms with Crippen molar-refractivity contribution in [2.24, 2.45) is 4.99 Å². The number of nitrogens with one attached hydrogen (secondary N) is 2. The summed E-state index contributed by atoms with van der Waals surface area (Å²) < 4.78 is 46.5. The molecule has 0 saturated carbocycles. The van der Waals surface area contributed by atoms with E-state index in [0.717, 1.165) is 51.5 Å². The zero-order valence-electron chi connectivity index (χ0n) is 15.5. The van der Waals surface area contributed by atoms with Gasteiger partial charge in [-0.3, -0.25) is 4.90 Å². The average Bonchev–Trinajstić information content (AvgIpc) is 2.65. The van der Waals surface area contributed by atoms with Crippen molar-refractivity contribution in [2.45, 2.75) is 19.6 Å². The molecule has 6 nitrogen and oxygen atoms in total. The Morgan fingerprint density at radius 3 is 2.52 bits per heavy atom. The van der Waals surface area contributed by atoms with Crippen LogP contribution in [-0.2, 0) is 11.3 Å². The van der Waals surface area contributed by atoms with Gasteiger partial charge in [0.05, 0.1) is 19.8 Å². The van der Waals surface area contributed by atoms with Crippen LogP contribution in [0, 0.1) is 0 Å². The van der Waals surface area contributed by atoms with Gasteiger partial charge in [0.1, 0.15) is 5.75 Å². The van der Waals surface area contributed by atoms with Crippen LogP contribution in [0.1, 0.15) is 12.5 Å². The predicted octanol–water partition coefficient (Wildman–Crippen LogP) is 2.02. The molecule has 2 N–H and O–H groups in total. The van der Waals surface area contributed by atoms with Gasteiger partial charge in [0, 0.05) is 32.7 Å². The fraction of sp³-hybridized carbons (Fsp3) is 0.611. The smallest absolute Gasteiger partial charge is 0.422 e. The van der Waals surface area contributed by atoms with Crippen LogP contribution in [0.2, 0.25) is 0 Å². The number of hydrogen-bond acceptors (Lipinski definition) is 4. The number of alkyl halides is 3. The van der Waals surface area contributed by atoms with Crippen molar-refractivity contribution in [1.29, 1.82) is 0 Å². The Morgan fingerprint density at radius 1 is 1.19 bits per heavy atom. The first-order valence-corrected chi connectivity index (χ1v) is 9.07. The number of morpholine rings is 1. The third-order valence-electron chi connectivity index (χ3n) is 3.91. The van der Waals surface area contributed by atoms with Crippen LogP contribution < -0.4 is 15.4 Å². The molecule has 0 spiro atoms. The summed E-state index contributed by atoms with van der Waals surface area (Å²) in [5.41, 5.74) is 0.889. The van der Waals surface area contributed by atoms with Crippen molar-refractivity contribution in [2.75, 3.05) is 52.5 Å². The standard InChI is InChI=1S/C18H27F3N4O2/c1-2-22-17(23-7-8-25-9-11-26-12-10-25)24-13-15-3-5-16(6-4-15)27-14-18(19,20)21/h3-6H,2,7-14H2,1H3,(H2,22,23,24). The summed E-state index contributed by atoms with van der Waals surface area (Å²) in [6.07, 6.45) is -4.34. The van der Waals surface area contributed by atoms with E-state index in [1.165, 1.54) is 12.1 Å². The zero-order chi connectivity index (χ0) is 19.5. The largest absolute Gasteiger partial charge is 0.484 e. The second-order valence-electron chi connectivity index (χ2n) is 6.12. The molecule has 1 saturated heterocycles. The Labute approximate surface area is 157 Å². The Balaban J connectivity index is 1.78. The fourth-order valence-electron chi connectivity index (χ4n) is 2.53. The van der Waals surface area contributed by atoms with Gasteiger partial charge in [0.2, 0.25) is 0 Å². The van der Waals surface area contributed by atoms with Gasteiger partial charge in [0.15, 0.2) is 12.6 Å². The highest BCUT2D eigenvalue weighted by Gasteiger charge is 2.28. The minimum absolute atomic E-state index is 0.190. The Hall–Kier alpha value is -2.00. The van der Waals surface area contributed by atoms with Crippen LogP contribution in [0.15, 0.2) is 29.3 Å². The van der Waals surface area contributed by atoms with E-state index in [2.05, 4.69) is 20.5 Å². The van der Waals surface area contributed by atoms with Gasteiger partial charge in [-0.2, -0.15) is 13.2 Å². The minimum Gasteiger partial charge on any atom is -0.484 e. The minimum atomic E-state index is -4.34. The van der Waals surface area contributed by atoms with Crippen molar-refractivity contribution >= 4 is 5.96 Å². The summed E-state index contributed by atoms with van der Waals surface area (Å²) in [6, 6.07) is 6.48. The molecule has 0 bridgehead atoms. The van der Waals surface area contributed by atoms with Crippen molar-refractivity contribution in [1.82, 2.24) is 15.5 Å². The maximum atomic E-state index is 12.2. The first kappa shape index (κ1) is 21.3. The monoisotopic (exact) mass is 388 g/mol. The Kier molecular flexibility index (Phi) is 8.66. The van der Waals surface area contributed by atoms with E-state index < -0.39 is 12.8 Å². The zero-order valence-corrected chi connectivity index (χ0v) is 15.5. The van der Waals surface area contributed by atoms with Gasteiger partial charge in [-0.1, -0.05) is 12.1 Å². The van der Waals surface area contributed by atoms with Gasteiger partial charge in [-0.15, -0.1) is 0 Å². The maximum Gasteiger partial charge on any atom is 0.422 e. The summed E-state index contributed by atoms with van der Waals surface area (Å²) >= 11 is 0. The van der Waals surface area contributed by atoms with E-state index in [0.29, 0.717) is 12.5 Å². The Morgan fingerprint density at radius 2 is 1.89 bits per heavy atom. The van der Waals surface area contributed by atoms with Crippen molar-refractivity contribution in [3.63, 3.8) is 0 Å². The quantitative estimate of drug-likeness (QED) is 0.527. The van der Waals surface area contributed by atoms with E-state index in [1.807, 2.05) is 6.92 Å². The van der Waals surface area contributed by atoms with E-state index >= 15 is 0 Å². The number of benzene rings is 1. The number of aliphatic imine (C=N–C) groups is 1. The molecule has 27 heavy (non-hydrogen) atoms. The molecule has 0 radical (unpaired) electrons. The van der Waals surface area contributed by atoms with Crippen LogP contribution in [0.25, 0.3) is 0 Å². The van der Waals surface area contributed by atoms with Crippen molar-refractivity contribution in [3.05, 3.63) is 29.8 Å². The molecule has 9 heteroatoms. The topological polar surface area (TPSA) is 58.1 Å². The molecule has 1 aromatic rings. The molecule has 1 fully saturated rings. The summed E-state index contributed by atoms with van der Waals surface area (Å²) in [4.78, 5) is 6.84. The summed E-state index contributed by atoms with van der Waals surface area (Å²) in [5.74, 6) is 0.902. The van der Waals surface area contributed by atoms with Crippen LogP contribution in [-0.4, -0.2) is 69.6 Å². The fourth-order valence-corrected chi connectivity index (χ4v) is 2.53. The van der Waals surface area contributed by atoms with E-state index in [-0.39, 0.29) is 5.75 Å². The highest BCUT2D eigenvalue weighted by Crippen LogP contribution is 2.19. The molecule has 0 aliphatic carbocycles. The lowest BCUT2D eigenvalue weighted by molar-refractivity contribution is -0.153. The van der Waals surface area contributed by atoms with Gasteiger partial charge < -0.3 is 20.1 Å². The molecule has 1 heterocycles. The lowest BCUT2D eigenvalue weighted by atomic mass is 10.2. The number of guanidine groups is 1. The lowest BCUT2D eigenvalue weighted by Crippen LogP contribution is -2.44. The molecule has 0 atom stereocenters. The van der Waals surface area contributed by atoms with E-state index in [1.54, 1.807) is 12.1 Å². The van der Waals surface area contributed by atoms with Gasteiger partial charge in [-0.05, 0) is 24.6 Å². The first-order valence-electron chi connectivity index (χ1n) is 9.07. The van der Waals surface area contributed by atoms with E-state index in [4.69, 9.17) is 9.47 Å². The van der Waals surface area contributed by atoms with Crippen LogP contribution in [0.4, 0.5) is 13.2 Å². The van der Waals surface area contributed by atoms with Crippen LogP contribution >= 0.6 is 0 Å². The molecule has 0 amide bonds. The summed E-state index contributed by atoms with van der Waals surface area (Å²) in [7, 11) is 0. The first-order chi connectivity index (χ1) is 13.0. The second kappa shape index (κ2) is 11.0. The molecule has 2 rings (SSSR count). The number of halogens is 3. The number of rotatable bonds is 8. The third-order valence-corrected chi connectivity index (χ3v) is 3.91. The number of ether oxygens (including phenoxy) is 2. The number of hydrogen-bond donors (Lipinski definition) is 2. The molecule has 1 aromatic carbocycles. The second-order valence-corrected chi connectivity index (χ2v) is 6.12. The van der Waals surface area contributed by atoms with Gasteiger partial charge >= 0.3 is 6.18 Å². The van der Waals surface area contributed by atoms with Crippen LogP contribution in [0.5, 0.6) is 5.75 Å². The maximum absolute atomic E-state index is 12.2. The lowest BCUT2D eigenvalue weighted by Gasteiger charge is -2.26. The molecule has 1 aliphatic rings. The predicted molar refractivity (Wildman–Crippen MR) is 98.1 cm³/mol. The molecule has 0 aromatic heterocycles. The number of nitrogens with zero attached hydrogens (tertiary/aromatic N) is 2. The van der Waals surface area contributed by atoms with Crippen molar-refractivity contribution < 1.29 is 22.6 Å². The molecular weight excluding hydrogens is 361 g/mol. The SMILES string of the molecule is CCNC(=NCc1ccc(OCC(F)(F)F)cc1)NCCN1CCOCC1. The molecule has 0 unspecified atom stereocenters. The Bertz CT molecular complexity index is 573. The molecular formula is C18H27F3N4O2. The molecule has 1 aliphatic heterocycles.